The first-order valence-corrected chi connectivity index (χ1v) is 8.22. The molecular formula is C13H20N2O5S. The van der Waals surface area contributed by atoms with Crippen molar-refractivity contribution in [3.8, 4) is 0 Å². The second-order valence-electron chi connectivity index (χ2n) is 5.95. The topological polar surface area (TPSA) is 110 Å². The van der Waals surface area contributed by atoms with Crippen LogP contribution in [0.5, 0.6) is 0 Å². The van der Waals surface area contributed by atoms with Crippen molar-refractivity contribution in [2.24, 2.45) is 5.41 Å². The molecule has 0 aliphatic rings. The van der Waals surface area contributed by atoms with E-state index in [4.69, 9.17) is 0 Å². The fourth-order valence-electron chi connectivity index (χ4n) is 1.74. The largest absolute Gasteiger partial charge is 0.394 e. The van der Waals surface area contributed by atoms with Gasteiger partial charge in [-0.25, -0.2) is 8.42 Å². The molecule has 0 aromatic heterocycles. The maximum atomic E-state index is 11.5. The van der Waals surface area contributed by atoms with Crippen LogP contribution in [-0.4, -0.2) is 37.4 Å². The Morgan fingerprint density at radius 2 is 1.95 bits per heavy atom. The van der Waals surface area contributed by atoms with Gasteiger partial charge in [-0.1, -0.05) is 20.8 Å². The zero-order chi connectivity index (χ0) is 16.4. The molecule has 0 saturated carbocycles. The predicted octanol–water partition coefficient (Wildman–Crippen LogP) is 1.82. The quantitative estimate of drug-likeness (QED) is 0.633. The van der Waals surface area contributed by atoms with Crippen LogP contribution in [0.15, 0.2) is 23.1 Å². The molecule has 0 bridgehead atoms. The van der Waals surface area contributed by atoms with Gasteiger partial charge in [-0.2, -0.15) is 0 Å². The SMILES string of the molecule is CC(C)(C)[C@@H](CO)Nc1ccc(S(C)(=O)=O)cc1[N+](=O)[O-]. The van der Waals surface area contributed by atoms with Crippen molar-refractivity contribution >= 4 is 21.2 Å². The van der Waals surface area contributed by atoms with Crippen molar-refractivity contribution < 1.29 is 18.4 Å². The molecule has 0 aliphatic heterocycles. The van der Waals surface area contributed by atoms with Crippen LogP contribution in [0.2, 0.25) is 0 Å². The fourth-order valence-corrected chi connectivity index (χ4v) is 2.38. The van der Waals surface area contributed by atoms with Crippen molar-refractivity contribution in [3.63, 3.8) is 0 Å². The van der Waals surface area contributed by atoms with Crippen molar-refractivity contribution in [2.75, 3.05) is 18.2 Å². The summed E-state index contributed by atoms with van der Waals surface area (Å²) >= 11 is 0. The maximum absolute atomic E-state index is 11.5. The average Bonchev–Trinajstić information content (AvgIpc) is 2.32. The molecule has 0 saturated heterocycles. The first kappa shape index (κ1) is 17.4. The van der Waals surface area contributed by atoms with Crippen LogP contribution in [0.3, 0.4) is 0 Å². The minimum absolute atomic E-state index is 0.115. The first-order chi connectivity index (χ1) is 9.46. The summed E-state index contributed by atoms with van der Waals surface area (Å²) in [6.07, 6.45) is 0.991. The summed E-state index contributed by atoms with van der Waals surface area (Å²) in [5.74, 6) is 0. The van der Waals surface area contributed by atoms with Crippen LogP contribution >= 0.6 is 0 Å². The summed E-state index contributed by atoms with van der Waals surface area (Å²) in [5.41, 5.74) is -0.472. The Morgan fingerprint density at radius 1 is 1.38 bits per heavy atom. The van der Waals surface area contributed by atoms with Gasteiger partial charge < -0.3 is 10.4 Å². The maximum Gasteiger partial charge on any atom is 0.293 e. The van der Waals surface area contributed by atoms with E-state index in [1.165, 1.54) is 12.1 Å². The number of hydrogen-bond acceptors (Lipinski definition) is 6. The molecule has 1 aromatic carbocycles. The Morgan fingerprint density at radius 3 is 2.33 bits per heavy atom. The van der Waals surface area contributed by atoms with Gasteiger partial charge in [-0.3, -0.25) is 10.1 Å². The highest BCUT2D eigenvalue weighted by molar-refractivity contribution is 7.90. The van der Waals surface area contributed by atoms with Gasteiger partial charge in [0.25, 0.3) is 5.69 Å². The molecule has 0 aliphatic carbocycles. The fraction of sp³-hybridized carbons (Fsp3) is 0.538. The Kier molecular flexibility index (Phi) is 4.95. The van der Waals surface area contributed by atoms with E-state index in [9.17, 15) is 23.6 Å². The molecule has 21 heavy (non-hydrogen) atoms. The lowest BCUT2D eigenvalue weighted by atomic mass is 9.87. The van der Waals surface area contributed by atoms with Gasteiger partial charge >= 0.3 is 0 Å². The minimum atomic E-state index is -3.52. The number of aliphatic hydroxyl groups excluding tert-OH is 1. The number of nitrogens with zero attached hydrogens (tertiary/aromatic N) is 1. The number of hydrogen-bond donors (Lipinski definition) is 2. The lowest BCUT2D eigenvalue weighted by molar-refractivity contribution is -0.384. The second-order valence-corrected chi connectivity index (χ2v) is 7.97. The predicted molar refractivity (Wildman–Crippen MR) is 80.2 cm³/mol. The second kappa shape index (κ2) is 5.98. The van der Waals surface area contributed by atoms with Crippen molar-refractivity contribution in [3.05, 3.63) is 28.3 Å². The van der Waals surface area contributed by atoms with Crippen LogP contribution in [0.25, 0.3) is 0 Å². The summed E-state index contributed by atoms with van der Waals surface area (Å²) in [4.78, 5) is 10.4. The standard InChI is InChI=1S/C13H20N2O5S/c1-13(2,3)12(8-16)14-10-6-5-9(21(4,19)20)7-11(10)15(17)18/h5-7,12,14,16H,8H2,1-4H3/t12-/m1/s1. The Balaban J connectivity index is 3.28. The van der Waals surface area contributed by atoms with Gasteiger partial charge in [0.15, 0.2) is 9.84 Å². The van der Waals surface area contributed by atoms with Gasteiger partial charge in [0.1, 0.15) is 5.69 Å². The van der Waals surface area contributed by atoms with Crippen molar-refractivity contribution in [1.82, 2.24) is 0 Å². The highest BCUT2D eigenvalue weighted by Crippen LogP contribution is 2.31. The number of nitrogens with one attached hydrogen (secondary N) is 1. The summed E-state index contributed by atoms with van der Waals surface area (Å²) in [6.45, 7) is 5.46. The molecular weight excluding hydrogens is 296 g/mol. The average molecular weight is 316 g/mol. The summed E-state index contributed by atoms with van der Waals surface area (Å²) in [6, 6.07) is 3.28. The molecule has 0 amide bonds. The molecule has 118 valence electrons. The summed E-state index contributed by atoms with van der Waals surface area (Å²) in [5, 5.41) is 23.4. The lowest BCUT2D eigenvalue weighted by Gasteiger charge is -2.30. The number of nitro groups is 1. The highest BCUT2D eigenvalue weighted by Gasteiger charge is 2.27. The molecule has 0 unspecified atom stereocenters. The molecule has 1 atom stereocenters. The van der Waals surface area contributed by atoms with Crippen LogP contribution < -0.4 is 5.32 Å². The Labute approximate surface area is 124 Å². The number of nitro benzene ring substituents is 1. The van der Waals surface area contributed by atoms with Gasteiger partial charge in [0, 0.05) is 12.3 Å². The normalized spacial score (nSPS) is 13.8. The van der Waals surface area contributed by atoms with Gasteiger partial charge in [0.05, 0.1) is 22.5 Å². The van der Waals surface area contributed by atoms with Crippen LogP contribution in [-0.2, 0) is 9.84 Å². The van der Waals surface area contributed by atoms with E-state index in [0.717, 1.165) is 12.3 Å². The molecule has 1 rings (SSSR count). The van der Waals surface area contributed by atoms with E-state index in [1.807, 2.05) is 20.8 Å². The van der Waals surface area contributed by atoms with Crippen LogP contribution in [0, 0.1) is 15.5 Å². The minimum Gasteiger partial charge on any atom is -0.394 e. The van der Waals surface area contributed by atoms with E-state index in [-0.39, 0.29) is 28.3 Å². The van der Waals surface area contributed by atoms with Gasteiger partial charge in [0.2, 0.25) is 0 Å². The van der Waals surface area contributed by atoms with E-state index in [0.29, 0.717) is 0 Å². The zero-order valence-electron chi connectivity index (χ0n) is 12.5. The molecule has 0 spiro atoms. The van der Waals surface area contributed by atoms with E-state index < -0.39 is 20.8 Å². The number of aliphatic hydroxyl groups is 1. The van der Waals surface area contributed by atoms with Crippen LogP contribution in [0.4, 0.5) is 11.4 Å². The van der Waals surface area contributed by atoms with Crippen LogP contribution in [0.1, 0.15) is 20.8 Å². The summed E-state index contributed by atoms with van der Waals surface area (Å²) in [7, 11) is -3.52. The highest BCUT2D eigenvalue weighted by atomic mass is 32.2. The third-order valence-electron chi connectivity index (χ3n) is 3.15. The van der Waals surface area contributed by atoms with Crippen molar-refractivity contribution in [2.45, 2.75) is 31.7 Å². The lowest BCUT2D eigenvalue weighted by Crippen LogP contribution is -2.37. The molecule has 8 heteroatoms. The first-order valence-electron chi connectivity index (χ1n) is 6.32. The number of benzene rings is 1. The zero-order valence-corrected chi connectivity index (χ0v) is 13.3. The number of anilines is 1. The number of rotatable bonds is 5. The monoisotopic (exact) mass is 316 g/mol. The molecule has 0 radical (unpaired) electrons. The third kappa shape index (κ3) is 4.40. The molecule has 1 aromatic rings. The third-order valence-corrected chi connectivity index (χ3v) is 4.26. The molecule has 2 N–H and O–H groups in total. The van der Waals surface area contributed by atoms with E-state index >= 15 is 0 Å². The smallest absolute Gasteiger partial charge is 0.293 e. The van der Waals surface area contributed by atoms with E-state index in [2.05, 4.69) is 5.32 Å². The Hall–Kier alpha value is -1.67. The summed E-state index contributed by atoms with van der Waals surface area (Å²) < 4.78 is 22.9. The molecule has 0 fully saturated rings. The van der Waals surface area contributed by atoms with E-state index in [1.54, 1.807) is 0 Å². The van der Waals surface area contributed by atoms with Gasteiger partial charge in [-0.05, 0) is 17.5 Å². The number of sulfone groups is 1. The molecule has 7 nitrogen and oxygen atoms in total. The van der Waals surface area contributed by atoms with Gasteiger partial charge in [-0.15, -0.1) is 0 Å². The molecule has 0 heterocycles. The Bertz CT molecular complexity index is 634. The van der Waals surface area contributed by atoms with Crippen molar-refractivity contribution in [1.29, 1.82) is 0 Å².